The second-order valence-electron chi connectivity index (χ2n) is 7.03. The topological polar surface area (TPSA) is 73.9 Å². The third-order valence-corrected chi connectivity index (χ3v) is 4.44. The van der Waals surface area contributed by atoms with Gasteiger partial charge in [-0.25, -0.2) is 4.79 Å². The largest absolute Gasteiger partial charge is 0.493 e. The Balaban J connectivity index is 1.94. The predicted molar refractivity (Wildman–Crippen MR) is 118 cm³/mol. The summed E-state index contributed by atoms with van der Waals surface area (Å²) in [5.74, 6) is 0.485. The Morgan fingerprint density at radius 1 is 1.13 bits per heavy atom. The standard InChI is InChI=1S/C24H29NO5/c1-6-29-20-12-10-18(14-21(20)28-5)11-13-23(27)30-15-22(26)25-24-17(4)8-7-9-19(24)16(2)3/h7-14,16H,6,15H2,1-5H3,(H,25,26)/b13-11+. The van der Waals surface area contributed by atoms with Crippen LogP contribution in [-0.2, 0) is 14.3 Å². The van der Waals surface area contributed by atoms with Crippen LogP contribution in [0.3, 0.4) is 0 Å². The van der Waals surface area contributed by atoms with E-state index < -0.39 is 5.97 Å². The lowest BCUT2D eigenvalue weighted by molar-refractivity contribution is -0.142. The third-order valence-electron chi connectivity index (χ3n) is 4.44. The zero-order valence-electron chi connectivity index (χ0n) is 18.2. The summed E-state index contributed by atoms with van der Waals surface area (Å²) in [4.78, 5) is 24.3. The molecule has 0 fully saturated rings. The fourth-order valence-corrected chi connectivity index (χ4v) is 2.93. The van der Waals surface area contributed by atoms with Crippen molar-refractivity contribution < 1.29 is 23.8 Å². The number of hydrogen-bond acceptors (Lipinski definition) is 5. The third kappa shape index (κ3) is 6.37. The maximum atomic E-state index is 12.3. The molecular formula is C24H29NO5. The van der Waals surface area contributed by atoms with Crippen LogP contribution in [0.1, 0.15) is 43.4 Å². The minimum absolute atomic E-state index is 0.261. The Morgan fingerprint density at radius 3 is 2.57 bits per heavy atom. The van der Waals surface area contributed by atoms with Gasteiger partial charge in [0.1, 0.15) is 0 Å². The van der Waals surface area contributed by atoms with E-state index in [9.17, 15) is 9.59 Å². The number of anilines is 1. The van der Waals surface area contributed by atoms with Gasteiger partial charge < -0.3 is 19.5 Å². The molecule has 0 bridgehead atoms. The molecule has 6 nitrogen and oxygen atoms in total. The Kier molecular flexibility index (Phi) is 8.47. The number of carbonyl (C=O) groups is 2. The monoisotopic (exact) mass is 411 g/mol. The zero-order valence-corrected chi connectivity index (χ0v) is 18.2. The van der Waals surface area contributed by atoms with E-state index in [4.69, 9.17) is 14.2 Å². The van der Waals surface area contributed by atoms with Crippen LogP contribution in [0, 0.1) is 6.92 Å². The first kappa shape index (κ1) is 23.0. The van der Waals surface area contributed by atoms with Crippen LogP contribution in [0.25, 0.3) is 6.08 Å². The first-order valence-electron chi connectivity index (χ1n) is 9.90. The molecule has 0 aliphatic carbocycles. The summed E-state index contributed by atoms with van der Waals surface area (Å²) in [7, 11) is 1.55. The first-order chi connectivity index (χ1) is 14.3. The summed E-state index contributed by atoms with van der Waals surface area (Å²) in [5, 5.41) is 2.85. The molecule has 0 saturated carbocycles. The highest BCUT2D eigenvalue weighted by Gasteiger charge is 2.13. The highest BCUT2D eigenvalue weighted by atomic mass is 16.5. The van der Waals surface area contributed by atoms with E-state index in [0.717, 1.165) is 22.4 Å². The molecule has 0 radical (unpaired) electrons. The number of benzene rings is 2. The van der Waals surface area contributed by atoms with Crippen LogP contribution >= 0.6 is 0 Å². The molecule has 1 amide bonds. The molecule has 0 saturated heterocycles. The number of para-hydroxylation sites is 1. The van der Waals surface area contributed by atoms with Gasteiger partial charge >= 0.3 is 5.97 Å². The SMILES string of the molecule is CCOc1ccc(/C=C/C(=O)OCC(=O)Nc2c(C)cccc2C(C)C)cc1OC. The zero-order chi connectivity index (χ0) is 22.1. The smallest absolute Gasteiger partial charge is 0.331 e. The van der Waals surface area contributed by atoms with Gasteiger partial charge in [-0.3, -0.25) is 4.79 Å². The quantitative estimate of drug-likeness (QED) is 0.477. The molecule has 1 N–H and O–H groups in total. The minimum atomic E-state index is -0.605. The molecule has 160 valence electrons. The number of aryl methyl sites for hydroxylation is 1. The second-order valence-corrected chi connectivity index (χ2v) is 7.03. The highest BCUT2D eigenvalue weighted by molar-refractivity contribution is 5.95. The summed E-state index contributed by atoms with van der Waals surface area (Å²) >= 11 is 0. The van der Waals surface area contributed by atoms with Crippen molar-refractivity contribution in [3.05, 3.63) is 59.2 Å². The molecule has 2 rings (SSSR count). The van der Waals surface area contributed by atoms with E-state index >= 15 is 0 Å². The van der Waals surface area contributed by atoms with E-state index in [2.05, 4.69) is 19.2 Å². The van der Waals surface area contributed by atoms with E-state index in [0.29, 0.717) is 18.1 Å². The van der Waals surface area contributed by atoms with Crippen molar-refractivity contribution in [2.24, 2.45) is 0 Å². The van der Waals surface area contributed by atoms with Crippen molar-refractivity contribution in [3.8, 4) is 11.5 Å². The summed E-state index contributed by atoms with van der Waals surface area (Å²) < 4.78 is 15.8. The van der Waals surface area contributed by atoms with Gasteiger partial charge in [-0.2, -0.15) is 0 Å². The van der Waals surface area contributed by atoms with Gasteiger partial charge in [0.05, 0.1) is 13.7 Å². The fourth-order valence-electron chi connectivity index (χ4n) is 2.93. The lowest BCUT2D eigenvalue weighted by atomic mass is 9.98. The Bertz CT molecular complexity index is 918. The minimum Gasteiger partial charge on any atom is -0.493 e. The number of rotatable bonds is 9. The van der Waals surface area contributed by atoms with E-state index in [1.807, 2.05) is 32.0 Å². The van der Waals surface area contributed by atoms with E-state index in [1.54, 1.807) is 31.4 Å². The van der Waals surface area contributed by atoms with Gasteiger partial charge in [0.25, 0.3) is 5.91 Å². The molecule has 0 aliphatic rings. The van der Waals surface area contributed by atoms with Crippen LogP contribution in [0.5, 0.6) is 11.5 Å². The van der Waals surface area contributed by atoms with E-state index in [-0.39, 0.29) is 18.4 Å². The number of hydrogen-bond donors (Lipinski definition) is 1. The van der Waals surface area contributed by atoms with Gasteiger partial charge in [0.2, 0.25) is 0 Å². The number of carbonyl (C=O) groups excluding carboxylic acids is 2. The summed E-state index contributed by atoms with van der Waals surface area (Å²) in [5.41, 5.74) is 3.52. The average molecular weight is 411 g/mol. The highest BCUT2D eigenvalue weighted by Crippen LogP contribution is 2.29. The van der Waals surface area contributed by atoms with Gasteiger partial charge in [-0.1, -0.05) is 38.1 Å². The Labute approximate surface area is 177 Å². The molecule has 0 spiro atoms. The number of ether oxygens (including phenoxy) is 3. The molecule has 30 heavy (non-hydrogen) atoms. The van der Waals surface area contributed by atoms with Crippen molar-refractivity contribution in [2.75, 3.05) is 25.6 Å². The molecule has 0 unspecified atom stereocenters. The van der Waals surface area contributed by atoms with Crippen molar-refractivity contribution in [2.45, 2.75) is 33.6 Å². The van der Waals surface area contributed by atoms with Crippen molar-refractivity contribution in [1.29, 1.82) is 0 Å². The molecule has 2 aromatic carbocycles. The number of nitrogens with one attached hydrogen (secondary N) is 1. The molecule has 0 heterocycles. The van der Waals surface area contributed by atoms with Crippen molar-refractivity contribution >= 4 is 23.6 Å². The fraction of sp³-hybridized carbons (Fsp3) is 0.333. The molecule has 0 atom stereocenters. The van der Waals surface area contributed by atoms with Crippen LogP contribution in [0.2, 0.25) is 0 Å². The summed E-state index contributed by atoms with van der Waals surface area (Å²) in [6.07, 6.45) is 2.87. The van der Waals surface area contributed by atoms with Crippen LogP contribution in [-0.4, -0.2) is 32.2 Å². The lowest BCUT2D eigenvalue weighted by Crippen LogP contribution is -2.21. The van der Waals surface area contributed by atoms with Gasteiger partial charge in [-0.05, 0) is 54.7 Å². The van der Waals surface area contributed by atoms with Crippen LogP contribution in [0.4, 0.5) is 5.69 Å². The average Bonchev–Trinajstić information content (AvgIpc) is 2.72. The second kappa shape index (κ2) is 11.0. The Hall–Kier alpha value is -3.28. The van der Waals surface area contributed by atoms with Crippen molar-refractivity contribution in [1.82, 2.24) is 0 Å². The molecule has 0 aromatic heterocycles. The number of methoxy groups -OCH3 is 1. The van der Waals surface area contributed by atoms with Gasteiger partial charge in [0, 0.05) is 11.8 Å². The maximum Gasteiger partial charge on any atom is 0.331 e. The normalized spacial score (nSPS) is 10.9. The van der Waals surface area contributed by atoms with E-state index in [1.165, 1.54) is 6.08 Å². The molecule has 6 heteroatoms. The number of esters is 1. The molecule has 2 aromatic rings. The Morgan fingerprint density at radius 2 is 1.90 bits per heavy atom. The van der Waals surface area contributed by atoms with Gasteiger partial charge in [-0.15, -0.1) is 0 Å². The van der Waals surface area contributed by atoms with Crippen molar-refractivity contribution in [3.63, 3.8) is 0 Å². The van der Waals surface area contributed by atoms with Crippen LogP contribution in [0.15, 0.2) is 42.5 Å². The molecular weight excluding hydrogens is 382 g/mol. The summed E-state index contributed by atoms with van der Waals surface area (Å²) in [6, 6.07) is 11.2. The van der Waals surface area contributed by atoms with Gasteiger partial charge in [0.15, 0.2) is 18.1 Å². The first-order valence-corrected chi connectivity index (χ1v) is 9.90. The maximum absolute atomic E-state index is 12.3. The number of amides is 1. The molecule has 0 aliphatic heterocycles. The van der Waals surface area contributed by atoms with Crippen LogP contribution < -0.4 is 14.8 Å². The predicted octanol–water partition coefficient (Wildman–Crippen LogP) is 4.72. The lowest BCUT2D eigenvalue weighted by Gasteiger charge is -2.16. The summed E-state index contributed by atoms with van der Waals surface area (Å²) in [6.45, 7) is 8.11.